The van der Waals surface area contributed by atoms with E-state index in [2.05, 4.69) is 29.8 Å². The molecule has 1 aliphatic carbocycles. The van der Waals surface area contributed by atoms with E-state index in [-0.39, 0.29) is 98.2 Å². The lowest BCUT2D eigenvalue weighted by molar-refractivity contribution is -0.192. The molecule has 320 valence electrons. The quantitative estimate of drug-likeness (QED) is 0.0347. The molecule has 2 fully saturated rings. The Balaban J connectivity index is -0.000000104. The van der Waals surface area contributed by atoms with Crippen LogP contribution in [-0.4, -0.2) is 90.6 Å². The van der Waals surface area contributed by atoms with Crippen LogP contribution in [0, 0.1) is 17.3 Å². The second-order valence-corrected chi connectivity index (χ2v) is 10.9. The fourth-order valence-corrected chi connectivity index (χ4v) is 3.97. The summed E-state index contributed by atoms with van der Waals surface area (Å²) in [6.45, 7) is 18.7. The highest BCUT2D eigenvalue weighted by molar-refractivity contribution is 14.0. The lowest BCUT2D eigenvalue weighted by Crippen LogP contribution is -2.31. The first-order valence-corrected chi connectivity index (χ1v) is 17.4. The van der Waals surface area contributed by atoms with Gasteiger partial charge in [-0.15, -0.1) is 79.3 Å². The van der Waals surface area contributed by atoms with Crippen molar-refractivity contribution in [3.63, 3.8) is 0 Å². The van der Waals surface area contributed by atoms with Crippen LogP contribution < -0.4 is 22.9 Å². The number of halogens is 4. The van der Waals surface area contributed by atoms with Crippen molar-refractivity contribution in [1.29, 1.82) is 0 Å². The number of nitrogens with one attached hydrogen (secondary N) is 1. The summed E-state index contributed by atoms with van der Waals surface area (Å²) in [5.74, 6) is -2.42. The van der Waals surface area contributed by atoms with Crippen molar-refractivity contribution in [3.05, 3.63) is 50.1 Å². The molecule has 9 N–H and O–H groups in total. The molecule has 1 heterocycles. The number of carbonyl (C=O) groups excluding carboxylic acids is 7. The van der Waals surface area contributed by atoms with Crippen molar-refractivity contribution in [2.75, 3.05) is 31.6 Å². The number of aliphatic carboxylic acids is 1. The number of carboxylic acids is 1. The molecule has 4 atom stereocenters. The van der Waals surface area contributed by atoms with Gasteiger partial charge >= 0.3 is 30.0 Å². The molecule has 0 spiro atoms. The van der Waals surface area contributed by atoms with Crippen LogP contribution in [0.5, 0.6) is 0 Å². The van der Waals surface area contributed by atoms with Crippen molar-refractivity contribution >= 4 is 101 Å². The normalized spacial score (nSPS) is 16.4. The van der Waals surface area contributed by atoms with E-state index in [1.165, 1.54) is 0 Å². The van der Waals surface area contributed by atoms with Gasteiger partial charge in [-0.2, -0.15) is 9.59 Å². The first-order valence-electron chi connectivity index (χ1n) is 16.3. The van der Waals surface area contributed by atoms with Crippen molar-refractivity contribution in [2.24, 2.45) is 28.7 Å². The van der Waals surface area contributed by atoms with Crippen molar-refractivity contribution in [3.8, 4) is 0 Å². The molecule has 1 saturated heterocycles. The number of alkyl halides is 2. The van der Waals surface area contributed by atoms with E-state index in [4.69, 9.17) is 58.8 Å². The van der Waals surface area contributed by atoms with E-state index >= 15 is 0 Å². The number of nitrogens with two attached hydrogens (primary N) is 2. The molecule has 0 aromatic carbocycles. The van der Waals surface area contributed by atoms with Crippen LogP contribution in [0.4, 0.5) is 0 Å². The zero-order valence-electron chi connectivity index (χ0n) is 32.0. The number of carboxylic acid groups (broad SMARTS) is 1. The summed E-state index contributed by atoms with van der Waals surface area (Å²) in [5.41, 5.74) is 9.21. The number of allylic oxidation sites excluding steroid dienone is 3. The maximum Gasteiger partial charge on any atom is 0.373 e. The lowest BCUT2D eigenvalue weighted by atomic mass is 10.0. The molecular formula is C35H60Cl3IN4O12. The molecule has 4 unspecified atom stereocenters. The Labute approximate surface area is 357 Å². The molecule has 16 nitrogen and oxygen atoms in total. The average Bonchev–Trinajstić information content (AvgIpc) is 3.74. The van der Waals surface area contributed by atoms with Gasteiger partial charge in [0.15, 0.2) is 5.41 Å². The second kappa shape index (κ2) is 43.4. The number of hydrogen-bond acceptors (Lipinski definition) is 13. The number of rotatable bonds is 16. The van der Waals surface area contributed by atoms with Crippen LogP contribution in [0.2, 0.25) is 0 Å². The van der Waals surface area contributed by atoms with E-state index in [9.17, 15) is 28.8 Å². The molecule has 1 aliphatic heterocycles. The van der Waals surface area contributed by atoms with Crippen molar-refractivity contribution < 1.29 is 57.7 Å². The van der Waals surface area contributed by atoms with Gasteiger partial charge in [-0.1, -0.05) is 37.3 Å². The first-order chi connectivity index (χ1) is 24.6. The van der Waals surface area contributed by atoms with E-state index in [1.807, 2.05) is 26.0 Å². The Morgan fingerprint density at radius 3 is 1.65 bits per heavy atom. The second-order valence-electron chi connectivity index (χ2n) is 10.3. The number of carbonyl (C=O) groups is 6. The zero-order chi connectivity index (χ0) is 41.1. The minimum Gasteiger partial charge on any atom is -0.481 e. The van der Waals surface area contributed by atoms with Crippen LogP contribution in [0.3, 0.4) is 0 Å². The van der Waals surface area contributed by atoms with E-state index < -0.39 is 35.1 Å². The third-order valence-electron chi connectivity index (χ3n) is 6.44. The van der Waals surface area contributed by atoms with Gasteiger partial charge in [0.05, 0.1) is 19.8 Å². The van der Waals surface area contributed by atoms with Crippen LogP contribution in [0.25, 0.3) is 0 Å². The van der Waals surface area contributed by atoms with Crippen molar-refractivity contribution in [2.45, 2.75) is 78.3 Å². The summed E-state index contributed by atoms with van der Waals surface area (Å²) in [7, 11) is 0. The van der Waals surface area contributed by atoms with Gasteiger partial charge in [0.2, 0.25) is 11.8 Å². The van der Waals surface area contributed by atoms with Gasteiger partial charge < -0.3 is 42.3 Å². The topological polar surface area (TPSA) is 284 Å². The molecule has 55 heavy (non-hydrogen) atoms. The van der Waals surface area contributed by atoms with Crippen LogP contribution in [-0.2, 0) is 52.6 Å². The van der Waals surface area contributed by atoms with Gasteiger partial charge in [-0.3, -0.25) is 28.8 Å². The van der Waals surface area contributed by atoms with Crippen LogP contribution in [0.15, 0.2) is 50.1 Å². The van der Waals surface area contributed by atoms with Crippen molar-refractivity contribution in [1.82, 2.24) is 11.5 Å². The molecule has 0 aromatic heterocycles. The first kappa shape index (κ1) is 66.5. The summed E-state index contributed by atoms with van der Waals surface area (Å²) in [6, 6.07) is -0.277. The maximum atomic E-state index is 11.6. The largest absolute Gasteiger partial charge is 0.481 e. The monoisotopic (exact) mass is 960 g/mol. The van der Waals surface area contributed by atoms with Gasteiger partial charge in [-0.25, -0.2) is 0 Å². The van der Waals surface area contributed by atoms with Gasteiger partial charge in [0, 0.05) is 42.6 Å². The zero-order valence-corrected chi connectivity index (χ0v) is 36.6. The Kier molecular flexibility index (Phi) is 52.5. The summed E-state index contributed by atoms with van der Waals surface area (Å²) >= 11 is 10.5. The predicted molar refractivity (Wildman–Crippen MR) is 223 cm³/mol. The molecular weight excluding hydrogens is 902 g/mol. The minimum absolute atomic E-state index is 0. The standard InChI is InChI=1S/C11H16O4.C7H10N2O2.C6H11NO2.C6H12O2.C4H6Cl2.CO2.ClH.HI.H3N/c1-4-8-7-11(8,9(12)14-5-2)10(13)15-6-3;1-2-4-3-5(6(8)10)7(11)9-4;1-2-5(7)3-4-6(8)9;1-3-5-6(7)8-4-2;5-3-1-2-4-6;2-1-3;;;/h4,8H,1,5-7H2,2-3H3;2,4-5H,1,3H2,(H2,8,10)(H,9,11);2,5H,1,3-4,7H2,(H,8,9);3-5H2,1-2H3;1-2H,3-4H2;;2*1H;1H3/b;;;;2-1+;;;;. The van der Waals surface area contributed by atoms with E-state index in [0.29, 0.717) is 44.1 Å². The fraction of sp³-hybridized carbons (Fsp3) is 0.571. The number of amides is 2. The highest BCUT2D eigenvalue weighted by atomic mass is 127. The van der Waals surface area contributed by atoms with Crippen LogP contribution in [0.1, 0.15) is 66.2 Å². The van der Waals surface area contributed by atoms with E-state index in [0.717, 1.165) is 6.42 Å². The average molecular weight is 962 g/mol. The lowest BCUT2D eigenvalue weighted by Gasteiger charge is -2.13. The Hall–Kier alpha value is -3.32. The smallest absolute Gasteiger partial charge is 0.373 e. The Morgan fingerprint density at radius 1 is 0.945 bits per heavy atom. The number of hydrogen-bond donors (Lipinski definition) is 5. The molecule has 2 amide bonds. The SMILES string of the molecule is C=CC(N)CCC(=O)O.C=CC1CC(C(N)=O)C(=O)N1.C=CC1CC1(C(=O)OCC)C(=O)OCC.CCCC(=O)OCC.Cl.ClC/C=C/CCl.I.N.O=C=O. The molecule has 20 heteroatoms. The number of primary amides is 1. The molecule has 2 rings (SSSR count). The van der Waals surface area contributed by atoms with Gasteiger partial charge in [-0.05, 0) is 46.5 Å². The minimum atomic E-state index is -1.10. The fourth-order valence-electron chi connectivity index (χ4n) is 3.72. The van der Waals surface area contributed by atoms with Gasteiger partial charge in [0.1, 0.15) is 5.92 Å². The molecule has 0 radical (unpaired) electrons. The summed E-state index contributed by atoms with van der Waals surface area (Å²) < 4.78 is 14.4. The van der Waals surface area contributed by atoms with Crippen LogP contribution >= 0.6 is 59.6 Å². The number of ether oxygens (including phenoxy) is 3. The predicted octanol–water partition coefficient (Wildman–Crippen LogP) is 4.82. The number of esters is 3. The molecule has 0 aromatic rings. The third kappa shape index (κ3) is 33.7. The Bertz CT molecular complexity index is 1160. The van der Waals surface area contributed by atoms with E-state index in [1.54, 1.807) is 32.1 Å². The molecule has 2 aliphatic rings. The highest BCUT2D eigenvalue weighted by Gasteiger charge is 2.66. The third-order valence-corrected chi connectivity index (χ3v) is 6.80. The molecule has 0 bridgehead atoms. The summed E-state index contributed by atoms with van der Waals surface area (Å²) in [4.78, 5) is 81.4. The molecule has 1 saturated carbocycles. The maximum absolute atomic E-state index is 11.6. The Morgan fingerprint density at radius 2 is 1.40 bits per heavy atom. The highest BCUT2D eigenvalue weighted by Crippen LogP contribution is 2.55. The summed E-state index contributed by atoms with van der Waals surface area (Å²) in [6.07, 6.45) is 11.5. The summed E-state index contributed by atoms with van der Waals surface area (Å²) in [5, 5.41) is 10.7. The van der Waals surface area contributed by atoms with Gasteiger partial charge in [0.25, 0.3) is 0 Å².